The summed E-state index contributed by atoms with van der Waals surface area (Å²) in [5.41, 5.74) is 3.03. The molecule has 0 amide bonds. The molecule has 33 heavy (non-hydrogen) atoms. The fourth-order valence-corrected chi connectivity index (χ4v) is 4.49. The van der Waals surface area contributed by atoms with Gasteiger partial charge in [-0.15, -0.1) is 0 Å². The molecular weight excluding hydrogens is 459 g/mol. The topological polar surface area (TPSA) is 45.5 Å². The fraction of sp³-hybridized carbons (Fsp3) is 0.192. The van der Waals surface area contributed by atoms with Crippen LogP contribution in [0.15, 0.2) is 91.5 Å². The van der Waals surface area contributed by atoms with Crippen LogP contribution in [0, 0.1) is 0 Å². The molecule has 1 fully saturated rings. The number of rotatable bonds is 7. The van der Waals surface area contributed by atoms with E-state index in [0.29, 0.717) is 29.8 Å². The van der Waals surface area contributed by atoms with Crippen molar-refractivity contribution in [3.8, 4) is 16.9 Å². The second kappa shape index (κ2) is 9.57. The molecule has 1 aliphatic rings. The van der Waals surface area contributed by atoms with Gasteiger partial charge in [-0.05, 0) is 35.4 Å². The zero-order chi connectivity index (χ0) is 22.7. The van der Waals surface area contributed by atoms with Crippen LogP contribution in [0.3, 0.4) is 0 Å². The van der Waals surface area contributed by atoms with Crippen molar-refractivity contribution in [1.29, 1.82) is 0 Å². The van der Waals surface area contributed by atoms with E-state index >= 15 is 0 Å². The molecular formula is C26H22Cl2N2O3. The third kappa shape index (κ3) is 4.92. The predicted octanol–water partition coefficient (Wildman–Crippen LogP) is 6.20. The average Bonchev–Trinajstić information content (AvgIpc) is 3.49. The summed E-state index contributed by atoms with van der Waals surface area (Å²) >= 11 is 12.6. The molecule has 0 saturated carbocycles. The lowest BCUT2D eigenvalue weighted by atomic mass is 10.1. The van der Waals surface area contributed by atoms with Gasteiger partial charge in [-0.1, -0.05) is 71.7 Å². The van der Waals surface area contributed by atoms with Crippen molar-refractivity contribution in [2.45, 2.75) is 18.4 Å². The summed E-state index contributed by atoms with van der Waals surface area (Å²) in [5.74, 6) is -0.289. The molecule has 0 bridgehead atoms. The molecule has 0 N–H and O–H groups in total. The number of benzene rings is 3. The normalized spacial score (nSPS) is 20.1. The molecule has 0 radical (unpaired) electrons. The first-order chi connectivity index (χ1) is 16.1. The van der Waals surface area contributed by atoms with Crippen LogP contribution < -0.4 is 4.74 Å². The van der Waals surface area contributed by atoms with E-state index in [9.17, 15) is 0 Å². The average molecular weight is 481 g/mol. The summed E-state index contributed by atoms with van der Waals surface area (Å²) in [6, 6.07) is 23.6. The number of aromatic nitrogens is 2. The van der Waals surface area contributed by atoms with Gasteiger partial charge in [0.1, 0.15) is 18.5 Å². The molecule has 0 unspecified atom stereocenters. The van der Waals surface area contributed by atoms with Crippen LogP contribution in [0.1, 0.15) is 5.56 Å². The standard InChI is InChI=1S/C26H22Cl2N2O3/c27-21-8-11-24(25(28)14-21)26(17-30-13-12-29-18-30)32-16-23(33-26)15-31-22-9-6-20(7-10-22)19-4-2-1-3-5-19/h1-14,18,23H,15-17H2/t23-,26-/m1/s1. The van der Waals surface area contributed by atoms with E-state index in [-0.39, 0.29) is 6.10 Å². The van der Waals surface area contributed by atoms with Crippen molar-refractivity contribution < 1.29 is 14.2 Å². The summed E-state index contributed by atoms with van der Waals surface area (Å²) in [5, 5.41) is 1.04. The summed E-state index contributed by atoms with van der Waals surface area (Å²) in [4.78, 5) is 4.12. The number of hydrogen-bond donors (Lipinski definition) is 0. The van der Waals surface area contributed by atoms with Crippen molar-refractivity contribution in [2.24, 2.45) is 0 Å². The van der Waals surface area contributed by atoms with Crippen LogP contribution in [-0.4, -0.2) is 28.9 Å². The van der Waals surface area contributed by atoms with Gasteiger partial charge >= 0.3 is 0 Å². The number of ether oxygens (including phenoxy) is 3. The van der Waals surface area contributed by atoms with E-state index in [0.717, 1.165) is 16.9 Å². The van der Waals surface area contributed by atoms with Crippen molar-refractivity contribution in [1.82, 2.24) is 9.55 Å². The van der Waals surface area contributed by atoms with E-state index in [1.807, 2.05) is 59.3 Å². The Balaban J connectivity index is 1.29. The zero-order valence-electron chi connectivity index (χ0n) is 17.7. The van der Waals surface area contributed by atoms with E-state index in [4.69, 9.17) is 37.4 Å². The first-order valence-corrected chi connectivity index (χ1v) is 11.4. The Labute approximate surface area is 202 Å². The lowest BCUT2D eigenvalue weighted by Gasteiger charge is -2.30. The van der Waals surface area contributed by atoms with Crippen molar-refractivity contribution in [3.63, 3.8) is 0 Å². The number of nitrogens with zero attached hydrogens (tertiary/aromatic N) is 2. The van der Waals surface area contributed by atoms with E-state index in [1.54, 1.807) is 24.7 Å². The lowest BCUT2D eigenvalue weighted by molar-refractivity contribution is -0.189. The van der Waals surface area contributed by atoms with Gasteiger partial charge in [0.15, 0.2) is 0 Å². The van der Waals surface area contributed by atoms with Crippen molar-refractivity contribution in [2.75, 3.05) is 13.2 Å². The molecule has 0 spiro atoms. The molecule has 2 heterocycles. The van der Waals surface area contributed by atoms with E-state index in [1.165, 1.54) is 5.56 Å². The Morgan fingerprint density at radius 1 is 1.00 bits per heavy atom. The van der Waals surface area contributed by atoms with Crippen LogP contribution in [0.2, 0.25) is 10.0 Å². The highest BCUT2D eigenvalue weighted by molar-refractivity contribution is 6.35. The largest absolute Gasteiger partial charge is 0.491 e. The van der Waals surface area contributed by atoms with Gasteiger partial charge in [0.25, 0.3) is 0 Å². The molecule has 2 atom stereocenters. The fourth-order valence-electron chi connectivity index (χ4n) is 3.94. The SMILES string of the molecule is Clc1ccc([C@]2(Cn3ccnc3)OC[C@@H](COc3ccc(-c4ccccc4)cc3)O2)c(Cl)c1. The Morgan fingerprint density at radius 2 is 1.79 bits per heavy atom. The first kappa shape index (κ1) is 22.0. The Morgan fingerprint density at radius 3 is 2.52 bits per heavy atom. The van der Waals surface area contributed by atoms with Crippen LogP contribution in [0.4, 0.5) is 0 Å². The monoisotopic (exact) mass is 480 g/mol. The number of halogens is 2. The maximum Gasteiger partial charge on any atom is 0.215 e. The highest BCUT2D eigenvalue weighted by Gasteiger charge is 2.45. The molecule has 168 valence electrons. The van der Waals surface area contributed by atoms with Crippen LogP contribution in [0.5, 0.6) is 5.75 Å². The van der Waals surface area contributed by atoms with Crippen LogP contribution in [0.25, 0.3) is 11.1 Å². The summed E-state index contributed by atoms with van der Waals surface area (Å²) in [6.45, 7) is 1.12. The smallest absolute Gasteiger partial charge is 0.215 e. The molecule has 3 aromatic carbocycles. The van der Waals surface area contributed by atoms with Gasteiger partial charge in [-0.3, -0.25) is 0 Å². The van der Waals surface area contributed by atoms with Gasteiger partial charge in [-0.2, -0.15) is 0 Å². The van der Waals surface area contributed by atoms with Crippen molar-refractivity contribution >= 4 is 23.2 Å². The Bertz CT molecular complexity index is 1200. The van der Waals surface area contributed by atoms with E-state index < -0.39 is 5.79 Å². The quantitative estimate of drug-likeness (QED) is 0.315. The second-order valence-electron chi connectivity index (χ2n) is 7.86. The maximum atomic E-state index is 6.52. The van der Waals surface area contributed by atoms with Gasteiger partial charge in [0.2, 0.25) is 5.79 Å². The zero-order valence-corrected chi connectivity index (χ0v) is 19.2. The van der Waals surface area contributed by atoms with Crippen LogP contribution in [-0.2, 0) is 21.8 Å². The van der Waals surface area contributed by atoms with E-state index in [2.05, 4.69) is 17.1 Å². The highest BCUT2D eigenvalue weighted by Crippen LogP contribution is 2.40. The minimum Gasteiger partial charge on any atom is -0.491 e. The van der Waals surface area contributed by atoms with Gasteiger partial charge in [0, 0.05) is 23.0 Å². The molecule has 5 rings (SSSR count). The minimum absolute atomic E-state index is 0.269. The molecule has 1 aromatic heterocycles. The summed E-state index contributed by atoms with van der Waals surface area (Å²) < 4.78 is 20.6. The summed E-state index contributed by atoms with van der Waals surface area (Å²) in [7, 11) is 0. The van der Waals surface area contributed by atoms with Crippen molar-refractivity contribution in [3.05, 3.63) is 107 Å². The molecule has 5 nitrogen and oxygen atoms in total. The van der Waals surface area contributed by atoms with Crippen LogP contribution >= 0.6 is 23.2 Å². The lowest BCUT2D eigenvalue weighted by Crippen LogP contribution is -2.34. The first-order valence-electron chi connectivity index (χ1n) is 10.6. The van der Waals surface area contributed by atoms with Gasteiger partial charge < -0.3 is 18.8 Å². The number of imidazole rings is 1. The molecule has 7 heteroatoms. The maximum absolute atomic E-state index is 6.52. The third-order valence-electron chi connectivity index (χ3n) is 5.55. The van der Waals surface area contributed by atoms with Gasteiger partial charge in [0.05, 0.1) is 24.5 Å². The highest BCUT2D eigenvalue weighted by atomic mass is 35.5. The molecule has 4 aromatic rings. The summed E-state index contributed by atoms with van der Waals surface area (Å²) in [6.07, 6.45) is 5.02. The Kier molecular flexibility index (Phi) is 6.38. The Hall–Kier alpha value is -2.83. The molecule has 1 aliphatic heterocycles. The third-order valence-corrected chi connectivity index (χ3v) is 6.10. The minimum atomic E-state index is -1.06. The second-order valence-corrected chi connectivity index (χ2v) is 8.71. The number of hydrogen-bond acceptors (Lipinski definition) is 4. The molecule has 0 aliphatic carbocycles. The molecule has 1 saturated heterocycles. The van der Waals surface area contributed by atoms with Gasteiger partial charge in [-0.25, -0.2) is 4.98 Å². The predicted molar refractivity (Wildman–Crippen MR) is 129 cm³/mol.